The highest BCUT2D eigenvalue weighted by molar-refractivity contribution is 6.28. The summed E-state index contributed by atoms with van der Waals surface area (Å²) in [6, 6.07) is 7.63. The summed E-state index contributed by atoms with van der Waals surface area (Å²) in [6.07, 6.45) is 1.12. The monoisotopic (exact) mass is 306 g/mol. The van der Waals surface area contributed by atoms with E-state index >= 15 is 0 Å². The van der Waals surface area contributed by atoms with Crippen LogP contribution in [0.15, 0.2) is 24.3 Å². The summed E-state index contributed by atoms with van der Waals surface area (Å²) < 4.78 is 5.79. The predicted molar refractivity (Wildman–Crippen MR) is 86.3 cm³/mol. The largest absolute Gasteiger partial charge is 0.491 e. The molecule has 1 aromatic carbocycles. The molecule has 1 atom stereocenters. The quantitative estimate of drug-likeness (QED) is 0.818. The van der Waals surface area contributed by atoms with E-state index in [0.29, 0.717) is 17.2 Å². The zero-order valence-corrected chi connectivity index (χ0v) is 13.1. The predicted octanol–water partition coefficient (Wildman–Crippen LogP) is 3.94. The average Bonchev–Trinajstić information content (AvgIpc) is 2.44. The number of hydrogen-bond donors (Lipinski definition) is 2. The molecule has 0 saturated heterocycles. The average molecular weight is 307 g/mol. The third-order valence-electron chi connectivity index (χ3n) is 3.12. The van der Waals surface area contributed by atoms with Gasteiger partial charge in [-0.25, -0.2) is 4.98 Å². The first kappa shape index (κ1) is 15.4. The number of rotatable bonds is 5. The maximum Gasteiger partial charge on any atom is 0.224 e. The Bertz CT molecular complexity index is 633. The fourth-order valence-corrected chi connectivity index (χ4v) is 1.95. The van der Waals surface area contributed by atoms with Crippen molar-refractivity contribution in [3.63, 3.8) is 0 Å². The molecule has 112 valence electrons. The highest BCUT2D eigenvalue weighted by Crippen LogP contribution is 2.26. The van der Waals surface area contributed by atoms with Gasteiger partial charge in [-0.3, -0.25) is 0 Å². The van der Waals surface area contributed by atoms with E-state index in [-0.39, 0.29) is 11.4 Å². The van der Waals surface area contributed by atoms with E-state index in [4.69, 9.17) is 22.1 Å². The van der Waals surface area contributed by atoms with Gasteiger partial charge in [0.15, 0.2) is 5.82 Å². The van der Waals surface area contributed by atoms with Crippen molar-refractivity contribution in [2.24, 2.45) is 0 Å². The van der Waals surface area contributed by atoms with Gasteiger partial charge in [0.1, 0.15) is 5.75 Å². The Labute approximate surface area is 129 Å². The topological polar surface area (TPSA) is 73.1 Å². The molecule has 0 spiro atoms. The minimum absolute atomic E-state index is 0.163. The maximum atomic E-state index is 5.96. The number of benzene rings is 1. The lowest BCUT2D eigenvalue weighted by molar-refractivity contribution is 0.217. The third kappa shape index (κ3) is 3.98. The van der Waals surface area contributed by atoms with E-state index in [0.717, 1.165) is 17.9 Å². The number of aryl methyl sites for hydroxylation is 1. The molecule has 0 radical (unpaired) electrons. The van der Waals surface area contributed by atoms with Crippen molar-refractivity contribution in [1.82, 2.24) is 9.97 Å². The van der Waals surface area contributed by atoms with Gasteiger partial charge in [-0.15, -0.1) is 0 Å². The second-order valence-electron chi connectivity index (χ2n) is 4.83. The van der Waals surface area contributed by atoms with Crippen LogP contribution in [0.5, 0.6) is 5.75 Å². The van der Waals surface area contributed by atoms with Gasteiger partial charge < -0.3 is 15.8 Å². The number of aromatic nitrogens is 2. The van der Waals surface area contributed by atoms with E-state index in [1.165, 1.54) is 0 Å². The molecule has 3 N–H and O–H groups in total. The van der Waals surface area contributed by atoms with E-state index in [1.807, 2.05) is 31.2 Å². The number of hydrogen-bond acceptors (Lipinski definition) is 5. The SMILES string of the molecule is CCC(C)Oc1cccc(Nc2nc(Cl)nc(C)c2N)c1. The molecule has 0 aliphatic carbocycles. The van der Waals surface area contributed by atoms with Gasteiger partial charge in [-0.05, 0) is 44.0 Å². The first-order valence-electron chi connectivity index (χ1n) is 6.83. The first-order valence-corrected chi connectivity index (χ1v) is 7.20. The summed E-state index contributed by atoms with van der Waals surface area (Å²) in [5.41, 5.74) is 7.91. The van der Waals surface area contributed by atoms with Crippen LogP contribution >= 0.6 is 11.6 Å². The Hall–Kier alpha value is -2.01. The molecule has 2 rings (SSSR count). The van der Waals surface area contributed by atoms with Crippen LogP contribution in [0.3, 0.4) is 0 Å². The van der Waals surface area contributed by atoms with Crippen LogP contribution in [-0.2, 0) is 0 Å². The lowest BCUT2D eigenvalue weighted by Gasteiger charge is -2.14. The van der Waals surface area contributed by atoms with Crippen molar-refractivity contribution in [3.05, 3.63) is 35.2 Å². The van der Waals surface area contributed by atoms with Gasteiger partial charge in [0.2, 0.25) is 5.28 Å². The summed E-state index contributed by atoms with van der Waals surface area (Å²) in [7, 11) is 0. The van der Waals surface area contributed by atoms with E-state index in [1.54, 1.807) is 6.92 Å². The van der Waals surface area contributed by atoms with Crippen LogP contribution in [0.4, 0.5) is 17.2 Å². The molecule has 5 nitrogen and oxygen atoms in total. The zero-order valence-electron chi connectivity index (χ0n) is 12.4. The van der Waals surface area contributed by atoms with Crippen molar-refractivity contribution >= 4 is 28.8 Å². The van der Waals surface area contributed by atoms with E-state index in [9.17, 15) is 0 Å². The minimum atomic E-state index is 0.163. The molecular weight excluding hydrogens is 288 g/mol. The van der Waals surface area contributed by atoms with Crippen LogP contribution in [0.25, 0.3) is 0 Å². The lowest BCUT2D eigenvalue weighted by atomic mass is 10.2. The number of nitrogens with zero attached hydrogens (tertiary/aromatic N) is 2. The Kier molecular flexibility index (Phi) is 4.85. The molecule has 1 heterocycles. The molecule has 1 unspecified atom stereocenters. The van der Waals surface area contributed by atoms with Gasteiger partial charge in [0, 0.05) is 11.8 Å². The van der Waals surface area contributed by atoms with Crippen molar-refractivity contribution in [2.45, 2.75) is 33.3 Å². The lowest BCUT2D eigenvalue weighted by Crippen LogP contribution is -2.09. The normalized spacial score (nSPS) is 12.0. The van der Waals surface area contributed by atoms with E-state index < -0.39 is 0 Å². The Morgan fingerprint density at radius 1 is 1.38 bits per heavy atom. The molecule has 0 saturated carbocycles. The molecule has 2 aromatic rings. The number of nitrogen functional groups attached to an aromatic ring is 1. The van der Waals surface area contributed by atoms with Crippen molar-refractivity contribution < 1.29 is 4.74 Å². The Balaban J connectivity index is 2.22. The summed E-state index contributed by atoms with van der Waals surface area (Å²) in [5, 5.41) is 3.31. The smallest absolute Gasteiger partial charge is 0.224 e. The van der Waals surface area contributed by atoms with Gasteiger partial charge >= 0.3 is 0 Å². The molecule has 1 aromatic heterocycles. The molecule has 0 bridgehead atoms. The molecule has 6 heteroatoms. The summed E-state index contributed by atoms with van der Waals surface area (Å²) in [6.45, 7) is 5.90. The van der Waals surface area contributed by atoms with Crippen molar-refractivity contribution in [1.29, 1.82) is 0 Å². The molecule has 0 fully saturated rings. The van der Waals surface area contributed by atoms with Crippen LogP contribution < -0.4 is 15.8 Å². The maximum absolute atomic E-state index is 5.96. The molecule has 21 heavy (non-hydrogen) atoms. The van der Waals surface area contributed by atoms with Crippen molar-refractivity contribution in [3.8, 4) is 5.75 Å². The van der Waals surface area contributed by atoms with Crippen LogP contribution in [0.2, 0.25) is 5.28 Å². The van der Waals surface area contributed by atoms with Gasteiger partial charge in [-0.1, -0.05) is 13.0 Å². The third-order valence-corrected chi connectivity index (χ3v) is 3.29. The summed E-state index contributed by atoms with van der Waals surface area (Å²) >= 11 is 5.86. The molecule has 0 amide bonds. The van der Waals surface area contributed by atoms with Gasteiger partial charge in [0.05, 0.1) is 17.5 Å². The first-order chi connectivity index (χ1) is 9.99. The number of anilines is 3. The number of ether oxygens (including phenoxy) is 1. The fraction of sp³-hybridized carbons (Fsp3) is 0.333. The zero-order chi connectivity index (χ0) is 15.4. The van der Waals surface area contributed by atoms with E-state index in [2.05, 4.69) is 22.2 Å². The Morgan fingerprint density at radius 3 is 2.86 bits per heavy atom. The highest BCUT2D eigenvalue weighted by Gasteiger charge is 2.09. The Morgan fingerprint density at radius 2 is 2.14 bits per heavy atom. The van der Waals surface area contributed by atoms with Crippen LogP contribution in [-0.4, -0.2) is 16.1 Å². The number of nitrogens with one attached hydrogen (secondary N) is 1. The number of nitrogens with two attached hydrogens (primary N) is 1. The number of halogens is 1. The second-order valence-corrected chi connectivity index (χ2v) is 5.17. The molecule has 0 aliphatic heterocycles. The molecule has 0 aliphatic rings. The fourth-order valence-electron chi connectivity index (χ4n) is 1.74. The van der Waals surface area contributed by atoms with Crippen LogP contribution in [0.1, 0.15) is 26.0 Å². The van der Waals surface area contributed by atoms with Gasteiger partial charge in [0.25, 0.3) is 0 Å². The minimum Gasteiger partial charge on any atom is -0.491 e. The van der Waals surface area contributed by atoms with Crippen molar-refractivity contribution in [2.75, 3.05) is 11.1 Å². The van der Waals surface area contributed by atoms with Crippen LogP contribution in [0, 0.1) is 6.92 Å². The summed E-state index contributed by atoms with van der Waals surface area (Å²) in [5.74, 6) is 1.29. The second kappa shape index (κ2) is 6.63. The standard InChI is InChI=1S/C15H19ClN4O/c1-4-9(2)21-12-7-5-6-11(8-12)19-14-13(17)10(3)18-15(16)20-14/h5-9H,4,17H2,1-3H3,(H,18,19,20). The van der Waals surface area contributed by atoms with Gasteiger partial charge in [-0.2, -0.15) is 4.98 Å². The highest BCUT2D eigenvalue weighted by atomic mass is 35.5. The summed E-state index contributed by atoms with van der Waals surface area (Å²) in [4.78, 5) is 8.12. The molecular formula is C15H19ClN4O.